The lowest BCUT2D eigenvalue weighted by Crippen LogP contribution is -2.48. The Labute approximate surface area is 153 Å². The lowest BCUT2D eigenvalue weighted by molar-refractivity contribution is -0.125. The predicted molar refractivity (Wildman–Crippen MR) is 98.0 cm³/mol. The molecule has 1 aromatic carbocycles. The van der Waals surface area contributed by atoms with E-state index in [4.69, 9.17) is 4.74 Å². The first-order valence-electron chi connectivity index (χ1n) is 8.50. The number of rotatable bonds is 9. The third-order valence-electron chi connectivity index (χ3n) is 3.37. The number of hydrogen-bond donors (Lipinski definition) is 3. The van der Waals surface area contributed by atoms with Crippen molar-refractivity contribution in [3.8, 4) is 5.75 Å². The normalized spacial score (nSPS) is 11.4. The Morgan fingerprint density at radius 1 is 1.12 bits per heavy atom. The summed E-state index contributed by atoms with van der Waals surface area (Å²) in [6.45, 7) is 6.11. The molecule has 0 fully saturated rings. The Balaban J connectivity index is 2.52. The van der Waals surface area contributed by atoms with E-state index in [1.807, 2.05) is 20.8 Å². The third kappa shape index (κ3) is 7.87. The monoisotopic (exact) mass is 365 g/mol. The minimum Gasteiger partial charge on any atom is -0.494 e. The molecule has 0 aliphatic rings. The SMILES string of the molecule is CCOc1ccc(NC(=O)CNC(=O)C(CC(C)C)NC(=O)OC)cc1. The Morgan fingerprint density at radius 3 is 2.31 bits per heavy atom. The van der Waals surface area contributed by atoms with Crippen molar-refractivity contribution in [2.24, 2.45) is 5.92 Å². The van der Waals surface area contributed by atoms with E-state index in [-0.39, 0.29) is 18.4 Å². The van der Waals surface area contributed by atoms with Gasteiger partial charge in [-0.05, 0) is 43.5 Å². The number of alkyl carbamates (subject to hydrolysis) is 1. The van der Waals surface area contributed by atoms with Crippen LogP contribution in [0.3, 0.4) is 0 Å². The van der Waals surface area contributed by atoms with Crippen LogP contribution in [0, 0.1) is 5.92 Å². The molecular formula is C18H27N3O5. The maximum absolute atomic E-state index is 12.2. The summed E-state index contributed by atoms with van der Waals surface area (Å²) in [7, 11) is 1.23. The van der Waals surface area contributed by atoms with Crippen LogP contribution in [0.2, 0.25) is 0 Å². The minimum atomic E-state index is -0.763. The van der Waals surface area contributed by atoms with Crippen LogP contribution in [-0.4, -0.2) is 44.2 Å². The lowest BCUT2D eigenvalue weighted by atomic mass is 10.0. The van der Waals surface area contributed by atoms with Gasteiger partial charge in [-0.25, -0.2) is 4.79 Å². The van der Waals surface area contributed by atoms with Gasteiger partial charge in [0.15, 0.2) is 0 Å². The maximum Gasteiger partial charge on any atom is 0.407 e. The second-order valence-corrected chi connectivity index (χ2v) is 6.04. The molecule has 0 aliphatic heterocycles. The van der Waals surface area contributed by atoms with Gasteiger partial charge in [0.25, 0.3) is 0 Å². The lowest BCUT2D eigenvalue weighted by Gasteiger charge is -2.19. The quantitative estimate of drug-likeness (QED) is 0.620. The van der Waals surface area contributed by atoms with Crippen molar-refractivity contribution in [1.82, 2.24) is 10.6 Å². The molecule has 0 aromatic heterocycles. The summed E-state index contributed by atoms with van der Waals surface area (Å²) in [6.07, 6.45) is -0.258. The van der Waals surface area contributed by atoms with Gasteiger partial charge in [0.1, 0.15) is 11.8 Å². The molecular weight excluding hydrogens is 338 g/mol. The van der Waals surface area contributed by atoms with Crippen LogP contribution >= 0.6 is 0 Å². The van der Waals surface area contributed by atoms with Crippen LogP contribution in [0.4, 0.5) is 10.5 Å². The molecule has 0 radical (unpaired) electrons. The number of amides is 3. The third-order valence-corrected chi connectivity index (χ3v) is 3.37. The topological polar surface area (TPSA) is 106 Å². The van der Waals surface area contributed by atoms with Crippen LogP contribution in [-0.2, 0) is 14.3 Å². The van der Waals surface area contributed by atoms with Crippen molar-refractivity contribution in [3.05, 3.63) is 24.3 Å². The minimum absolute atomic E-state index is 0.181. The molecule has 0 aliphatic carbocycles. The van der Waals surface area contributed by atoms with Crippen molar-refractivity contribution in [2.75, 3.05) is 25.6 Å². The number of ether oxygens (including phenoxy) is 2. The first-order valence-corrected chi connectivity index (χ1v) is 8.50. The van der Waals surface area contributed by atoms with Gasteiger partial charge in [0, 0.05) is 5.69 Å². The number of carbonyl (C=O) groups is 3. The van der Waals surface area contributed by atoms with Crippen molar-refractivity contribution < 1.29 is 23.9 Å². The number of benzene rings is 1. The number of methoxy groups -OCH3 is 1. The number of hydrogen-bond acceptors (Lipinski definition) is 5. The van der Waals surface area contributed by atoms with E-state index < -0.39 is 18.0 Å². The second kappa shape index (κ2) is 11.0. The Bertz CT molecular complexity index is 601. The highest BCUT2D eigenvalue weighted by Gasteiger charge is 2.22. The summed E-state index contributed by atoms with van der Waals surface area (Å²) in [5.74, 6) is 0.0830. The number of nitrogens with one attached hydrogen (secondary N) is 3. The van der Waals surface area contributed by atoms with E-state index >= 15 is 0 Å². The Morgan fingerprint density at radius 2 is 1.77 bits per heavy atom. The fraction of sp³-hybridized carbons (Fsp3) is 0.500. The van der Waals surface area contributed by atoms with Gasteiger partial charge < -0.3 is 25.4 Å². The first kappa shape index (κ1) is 21.3. The van der Waals surface area contributed by atoms with E-state index in [1.54, 1.807) is 24.3 Å². The summed E-state index contributed by atoms with van der Waals surface area (Å²) in [5.41, 5.74) is 0.596. The highest BCUT2D eigenvalue weighted by Crippen LogP contribution is 2.15. The van der Waals surface area contributed by atoms with Gasteiger partial charge in [-0.15, -0.1) is 0 Å². The fourth-order valence-corrected chi connectivity index (χ4v) is 2.20. The van der Waals surface area contributed by atoms with E-state index in [2.05, 4.69) is 20.7 Å². The molecule has 0 spiro atoms. The van der Waals surface area contributed by atoms with E-state index in [1.165, 1.54) is 7.11 Å². The van der Waals surface area contributed by atoms with Crippen molar-refractivity contribution in [1.29, 1.82) is 0 Å². The molecule has 8 nitrogen and oxygen atoms in total. The Kier molecular flexibility index (Phi) is 8.97. The van der Waals surface area contributed by atoms with Crippen LogP contribution in [0.25, 0.3) is 0 Å². The van der Waals surface area contributed by atoms with Crippen LogP contribution in [0.5, 0.6) is 5.75 Å². The molecule has 0 saturated heterocycles. The standard InChI is InChI=1S/C18H27N3O5/c1-5-26-14-8-6-13(7-9-14)20-16(22)11-19-17(23)15(10-12(2)3)21-18(24)25-4/h6-9,12,15H,5,10-11H2,1-4H3,(H,19,23)(H,20,22)(H,21,24). The second-order valence-electron chi connectivity index (χ2n) is 6.04. The van der Waals surface area contributed by atoms with Crippen molar-refractivity contribution >= 4 is 23.6 Å². The Hall–Kier alpha value is -2.77. The van der Waals surface area contributed by atoms with Crippen LogP contribution < -0.4 is 20.7 Å². The molecule has 26 heavy (non-hydrogen) atoms. The zero-order valence-corrected chi connectivity index (χ0v) is 15.6. The summed E-state index contributed by atoms with van der Waals surface area (Å²) in [4.78, 5) is 35.6. The molecule has 1 aromatic rings. The summed E-state index contributed by atoms with van der Waals surface area (Å²) < 4.78 is 9.85. The van der Waals surface area contributed by atoms with Crippen molar-refractivity contribution in [2.45, 2.75) is 33.2 Å². The van der Waals surface area contributed by atoms with Gasteiger partial charge >= 0.3 is 6.09 Å². The summed E-state index contributed by atoms with van der Waals surface area (Å²) >= 11 is 0. The average molecular weight is 365 g/mol. The van der Waals surface area contributed by atoms with E-state index in [0.29, 0.717) is 24.5 Å². The smallest absolute Gasteiger partial charge is 0.407 e. The molecule has 1 unspecified atom stereocenters. The predicted octanol–water partition coefficient (Wildman–Crippen LogP) is 1.91. The average Bonchev–Trinajstić information content (AvgIpc) is 2.60. The first-order chi connectivity index (χ1) is 12.3. The molecule has 8 heteroatoms. The zero-order chi connectivity index (χ0) is 19.5. The number of anilines is 1. The van der Waals surface area contributed by atoms with Crippen LogP contribution in [0.1, 0.15) is 27.2 Å². The highest BCUT2D eigenvalue weighted by atomic mass is 16.5. The molecule has 0 heterocycles. The van der Waals surface area contributed by atoms with Gasteiger partial charge in [-0.3, -0.25) is 9.59 Å². The van der Waals surface area contributed by atoms with Gasteiger partial charge in [-0.1, -0.05) is 13.8 Å². The highest BCUT2D eigenvalue weighted by molar-refractivity contribution is 5.95. The molecule has 144 valence electrons. The van der Waals surface area contributed by atoms with E-state index in [9.17, 15) is 14.4 Å². The van der Waals surface area contributed by atoms with E-state index in [0.717, 1.165) is 0 Å². The van der Waals surface area contributed by atoms with Gasteiger partial charge in [-0.2, -0.15) is 0 Å². The fourth-order valence-electron chi connectivity index (χ4n) is 2.20. The zero-order valence-electron chi connectivity index (χ0n) is 15.6. The van der Waals surface area contributed by atoms with Crippen LogP contribution in [0.15, 0.2) is 24.3 Å². The summed E-state index contributed by atoms with van der Waals surface area (Å²) in [5, 5.41) is 7.67. The molecule has 1 atom stereocenters. The van der Waals surface area contributed by atoms with Crippen molar-refractivity contribution in [3.63, 3.8) is 0 Å². The molecule has 0 bridgehead atoms. The molecule has 0 saturated carbocycles. The molecule has 3 N–H and O–H groups in total. The van der Waals surface area contributed by atoms with Gasteiger partial charge in [0.2, 0.25) is 11.8 Å². The largest absolute Gasteiger partial charge is 0.494 e. The van der Waals surface area contributed by atoms with Gasteiger partial charge in [0.05, 0.1) is 20.3 Å². The summed E-state index contributed by atoms with van der Waals surface area (Å²) in [6, 6.07) is 6.16. The molecule has 1 rings (SSSR count). The molecule has 3 amide bonds. The maximum atomic E-state index is 12.2. The number of carbonyl (C=O) groups excluding carboxylic acids is 3.